The second-order valence-corrected chi connectivity index (χ2v) is 3.69. The van der Waals surface area contributed by atoms with Crippen molar-refractivity contribution in [1.29, 1.82) is 0 Å². The van der Waals surface area contributed by atoms with Gasteiger partial charge >= 0.3 is 0 Å². The molecule has 0 spiro atoms. The van der Waals surface area contributed by atoms with Gasteiger partial charge in [0, 0.05) is 12.5 Å². The highest BCUT2D eigenvalue weighted by Gasteiger charge is 2.15. The van der Waals surface area contributed by atoms with Gasteiger partial charge in [-0.05, 0) is 29.8 Å². The molecular formula is C12H10F3NO. The van der Waals surface area contributed by atoms with Crippen LogP contribution in [0.15, 0.2) is 34.9 Å². The van der Waals surface area contributed by atoms with Gasteiger partial charge in [0.2, 0.25) is 0 Å². The van der Waals surface area contributed by atoms with Crippen LogP contribution in [0.4, 0.5) is 13.2 Å². The molecule has 5 heteroatoms. The number of halogens is 3. The Morgan fingerprint density at radius 1 is 1.18 bits per heavy atom. The Balaban J connectivity index is 2.22. The Hall–Kier alpha value is -1.75. The van der Waals surface area contributed by atoms with Crippen molar-refractivity contribution in [2.45, 2.75) is 12.5 Å². The first kappa shape index (κ1) is 11.7. The van der Waals surface area contributed by atoms with E-state index in [1.807, 2.05) is 0 Å². The van der Waals surface area contributed by atoms with Crippen LogP contribution in [0.2, 0.25) is 0 Å². The van der Waals surface area contributed by atoms with Crippen molar-refractivity contribution in [3.05, 3.63) is 59.3 Å². The molecule has 1 aromatic heterocycles. The summed E-state index contributed by atoms with van der Waals surface area (Å²) in [5, 5.41) is 0. The fourth-order valence-corrected chi connectivity index (χ4v) is 1.55. The molecule has 0 aliphatic carbocycles. The Bertz CT molecular complexity index is 487. The molecule has 1 aromatic carbocycles. The zero-order valence-electron chi connectivity index (χ0n) is 8.79. The number of rotatable bonds is 3. The SMILES string of the molecule is NC(Cc1ccco1)c1cc(F)c(F)c(F)c1. The van der Waals surface area contributed by atoms with Crippen LogP contribution >= 0.6 is 0 Å². The zero-order valence-corrected chi connectivity index (χ0v) is 8.79. The lowest BCUT2D eigenvalue weighted by Gasteiger charge is -2.11. The van der Waals surface area contributed by atoms with Gasteiger partial charge in [0.1, 0.15) is 5.76 Å². The minimum Gasteiger partial charge on any atom is -0.469 e. The third kappa shape index (κ3) is 2.50. The highest BCUT2D eigenvalue weighted by molar-refractivity contribution is 5.23. The highest BCUT2D eigenvalue weighted by Crippen LogP contribution is 2.20. The van der Waals surface area contributed by atoms with Gasteiger partial charge in [-0.2, -0.15) is 0 Å². The molecule has 0 aliphatic heterocycles. The van der Waals surface area contributed by atoms with Crippen LogP contribution in [0.3, 0.4) is 0 Å². The normalized spacial score (nSPS) is 12.7. The monoisotopic (exact) mass is 241 g/mol. The second-order valence-electron chi connectivity index (χ2n) is 3.69. The van der Waals surface area contributed by atoms with Crippen LogP contribution in [0.1, 0.15) is 17.4 Å². The fourth-order valence-electron chi connectivity index (χ4n) is 1.55. The molecule has 2 nitrogen and oxygen atoms in total. The predicted octanol–water partition coefficient (Wildman–Crippen LogP) is 2.94. The fraction of sp³-hybridized carbons (Fsp3) is 0.167. The summed E-state index contributed by atoms with van der Waals surface area (Å²) < 4.78 is 43.8. The van der Waals surface area contributed by atoms with Crippen LogP contribution in [-0.2, 0) is 6.42 Å². The Kier molecular flexibility index (Phi) is 3.19. The van der Waals surface area contributed by atoms with Gasteiger partial charge in [0.05, 0.1) is 6.26 Å². The lowest BCUT2D eigenvalue weighted by atomic mass is 10.0. The average Bonchev–Trinajstić information content (AvgIpc) is 2.77. The Labute approximate surface area is 95.8 Å². The van der Waals surface area contributed by atoms with E-state index in [0.717, 1.165) is 12.1 Å². The van der Waals surface area contributed by atoms with Crippen molar-refractivity contribution in [2.75, 3.05) is 0 Å². The molecule has 2 rings (SSSR count). The van der Waals surface area contributed by atoms with E-state index < -0.39 is 23.5 Å². The van der Waals surface area contributed by atoms with Gasteiger partial charge in [-0.15, -0.1) is 0 Å². The van der Waals surface area contributed by atoms with Crippen molar-refractivity contribution in [1.82, 2.24) is 0 Å². The quantitative estimate of drug-likeness (QED) is 0.839. The molecule has 0 aliphatic rings. The minimum atomic E-state index is -1.49. The van der Waals surface area contributed by atoms with Crippen LogP contribution in [0.25, 0.3) is 0 Å². The maximum atomic E-state index is 13.0. The van der Waals surface area contributed by atoms with Crippen molar-refractivity contribution in [3.63, 3.8) is 0 Å². The van der Waals surface area contributed by atoms with Gasteiger partial charge in [0.25, 0.3) is 0 Å². The van der Waals surface area contributed by atoms with E-state index >= 15 is 0 Å². The molecule has 2 N–H and O–H groups in total. The topological polar surface area (TPSA) is 39.2 Å². The molecule has 0 bridgehead atoms. The summed E-state index contributed by atoms with van der Waals surface area (Å²) in [7, 11) is 0. The first-order chi connectivity index (χ1) is 8.08. The van der Waals surface area contributed by atoms with Crippen molar-refractivity contribution < 1.29 is 17.6 Å². The molecule has 17 heavy (non-hydrogen) atoms. The van der Waals surface area contributed by atoms with Crippen LogP contribution < -0.4 is 5.73 Å². The number of nitrogens with two attached hydrogens (primary N) is 1. The molecule has 2 aromatic rings. The zero-order chi connectivity index (χ0) is 12.4. The molecule has 0 fully saturated rings. The van der Waals surface area contributed by atoms with E-state index in [-0.39, 0.29) is 12.0 Å². The number of benzene rings is 1. The highest BCUT2D eigenvalue weighted by atomic mass is 19.2. The number of hydrogen-bond donors (Lipinski definition) is 1. The molecule has 1 heterocycles. The van der Waals surface area contributed by atoms with E-state index in [9.17, 15) is 13.2 Å². The van der Waals surface area contributed by atoms with Crippen molar-refractivity contribution in [3.8, 4) is 0 Å². The molecule has 1 atom stereocenters. The Morgan fingerprint density at radius 2 is 1.82 bits per heavy atom. The summed E-state index contributed by atoms with van der Waals surface area (Å²) in [4.78, 5) is 0. The molecule has 0 radical (unpaired) electrons. The van der Waals surface area contributed by atoms with Gasteiger partial charge in [-0.25, -0.2) is 13.2 Å². The first-order valence-corrected chi connectivity index (χ1v) is 5.00. The molecular weight excluding hydrogens is 231 g/mol. The summed E-state index contributed by atoms with van der Waals surface area (Å²) in [5.74, 6) is -3.37. The summed E-state index contributed by atoms with van der Waals surface area (Å²) in [6.45, 7) is 0. The first-order valence-electron chi connectivity index (χ1n) is 5.00. The predicted molar refractivity (Wildman–Crippen MR) is 55.7 cm³/mol. The smallest absolute Gasteiger partial charge is 0.194 e. The maximum absolute atomic E-state index is 13.0. The average molecular weight is 241 g/mol. The molecule has 0 saturated heterocycles. The summed E-state index contributed by atoms with van der Waals surface area (Å²) in [6.07, 6.45) is 1.77. The van der Waals surface area contributed by atoms with Crippen molar-refractivity contribution in [2.24, 2.45) is 5.73 Å². The third-order valence-electron chi connectivity index (χ3n) is 2.44. The third-order valence-corrected chi connectivity index (χ3v) is 2.44. The number of hydrogen-bond acceptors (Lipinski definition) is 2. The van der Waals surface area contributed by atoms with E-state index in [1.54, 1.807) is 12.1 Å². The van der Waals surface area contributed by atoms with Gasteiger partial charge in [-0.1, -0.05) is 0 Å². The number of furan rings is 1. The van der Waals surface area contributed by atoms with E-state index in [1.165, 1.54) is 6.26 Å². The largest absolute Gasteiger partial charge is 0.469 e. The maximum Gasteiger partial charge on any atom is 0.194 e. The van der Waals surface area contributed by atoms with Crippen LogP contribution in [-0.4, -0.2) is 0 Å². The molecule has 0 amide bonds. The summed E-state index contributed by atoms with van der Waals surface area (Å²) in [6, 6.07) is 4.54. The minimum absolute atomic E-state index is 0.192. The van der Waals surface area contributed by atoms with Crippen molar-refractivity contribution >= 4 is 0 Å². The summed E-state index contributed by atoms with van der Waals surface area (Å²) >= 11 is 0. The second kappa shape index (κ2) is 4.63. The van der Waals surface area contributed by atoms with Crippen LogP contribution in [0.5, 0.6) is 0 Å². The summed E-state index contributed by atoms with van der Waals surface area (Å²) in [5.41, 5.74) is 5.95. The molecule has 1 unspecified atom stereocenters. The van der Waals surface area contributed by atoms with Crippen LogP contribution in [0, 0.1) is 17.5 Å². The molecule has 90 valence electrons. The van der Waals surface area contributed by atoms with E-state index in [2.05, 4.69) is 0 Å². The lowest BCUT2D eigenvalue weighted by Crippen LogP contribution is -2.14. The molecule has 0 saturated carbocycles. The lowest BCUT2D eigenvalue weighted by molar-refractivity contribution is 0.441. The Morgan fingerprint density at radius 3 is 2.35 bits per heavy atom. The standard InChI is InChI=1S/C12H10F3NO/c13-9-4-7(5-10(14)12(9)15)11(16)6-8-2-1-3-17-8/h1-5,11H,6,16H2. The van der Waals surface area contributed by atoms with E-state index in [4.69, 9.17) is 10.2 Å². The van der Waals surface area contributed by atoms with E-state index in [0.29, 0.717) is 5.76 Å². The van der Waals surface area contributed by atoms with Gasteiger partial charge in [0.15, 0.2) is 17.5 Å². The van der Waals surface area contributed by atoms with Gasteiger partial charge in [-0.3, -0.25) is 0 Å². The van der Waals surface area contributed by atoms with Gasteiger partial charge < -0.3 is 10.2 Å².